The minimum absolute atomic E-state index is 0.0761. The van der Waals surface area contributed by atoms with Crippen LogP contribution in [0.1, 0.15) is 22.5 Å². The number of amides is 1. The van der Waals surface area contributed by atoms with Crippen LogP contribution in [0.15, 0.2) is 80.4 Å². The van der Waals surface area contributed by atoms with Crippen LogP contribution in [0, 0.1) is 13.8 Å². The number of hydrogen-bond donors (Lipinski definition) is 1. The van der Waals surface area contributed by atoms with Crippen LogP contribution in [0.3, 0.4) is 0 Å². The van der Waals surface area contributed by atoms with E-state index in [1.807, 2.05) is 74.5 Å². The van der Waals surface area contributed by atoms with Crippen LogP contribution in [-0.2, 0) is 17.8 Å². The van der Waals surface area contributed by atoms with Gasteiger partial charge in [-0.05, 0) is 37.1 Å². The van der Waals surface area contributed by atoms with Gasteiger partial charge in [-0.3, -0.25) is 4.79 Å². The van der Waals surface area contributed by atoms with Crippen LogP contribution in [0.4, 0.5) is 0 Å². The third-order valence-electron chi connectivity index (χ3n) is 6.34. The summed E-state index contributed by atoms with van der Waals surface area (Å²) in [5, 5.41) is 4.59. The van der Waals surface area contributed by atoms with Gasteiger partial charge in [0.15, 0.2) is 0 Å². The van der Waals surface area contributed by atoms with Gasteiger partial charge < -0.3 is 18.9 Å². The van der Waals surface area contributed by atoms with Crippen LogP contribution in [0.2, 0.25) is 0 Å². The van der Waals surface area contributed by atoms with Crippen molar-refractivity contribution < 1.29 is 18.4 Å². The molecule has 176 valence electrons. The van der Waals surface area contributed by atoms with Crippen molar-refractivity contribution in [3.63, 3.8) is 0 Å². The highest BCUT2D eigenvalue weighted by Crippen LogP contribution is 2.37. The predicted molar refractivity (Wildman–Crippen MR) is 136 cm³/mol. The van der Waals surface area contributed by atoms with Crippen molar-refractivity contribution in [2.75, 3.05) is 7.11 Å². The van der Waals surface area contributed by atoms with Crippen molar-refractivity contribution in [3.05, 3.63) is 99.6 Å². The van der Waals surface area contributed by atoms with E-state index in [1.165, 1.54) is 0 Å². The van der Waals surface area contributed by atoms with Gasteiger partial charge in [-0.2, -0.15) is 0 Å². The quantitative estimate of drug-likeness (QED) is 0.325. The van der Waals surface area contributed by atoms with Crippen molar-refractivity contribution in [2.45, 2.75) is 26.8 Å². The summed E-state index contributed by atoms with van der Waals surface area (Å²) < 4.78 is 17.0. The Bertz CT molecular complexity index is 1610. The maximum atomic E-state index is 12.8. The SMILES string of the molecule is COc1ccccc1CNC(=O)Cc1c(C)c2cc3c(-c4ccccc4)c(C)oc3cc2oc1=O. The minimum atomic E-state index is -0.520. The topological polar surface area (TPSA) is 81.7 Å². The number of carbonyl (C=O) groups excluding carboxylic acids is 1. The zero-order valence-electron chi connectivity index (χ0n) is 19.8. The van der Waals surface area contributed by atoms with Gasteiger partial charge in [-0.15, -0.1) is 0 Å². The van der Waals surface area contributed by atoms with E-state index in [0.29, 0.717) is 29.0 Å². The highest BCUT2D eigenvalue weighted by Gasteiger charge is 2.19. The number of methoxy groups -OCH3 is 1. The second-order valence-electron chi connectivity index (χ2n) is 8.50. The molecule has 5 aromatic rings. The van der Waals surface area contributed by atoms with Gasteiger partial charge in [0, 0.05) is 34.5 Å². The number of aryl methyl sites for hydroxylation is 2. The molecule has 0 radical (unpaired) electrons. The molecule has 0 aliphatic rings. The van der Waals surface area contributed by atoms with Crippen LogP contribution < -0.4 is 15.7 Å². The Hall–Kier alpha value is -4.32. The number of rotatable bonds is 6. The minimum Gasteiger partial charge on any atom is -0.496 e. The Balaban J connectivity index is 1.50. The number of nitrogens with one attached hydrogen (secondary N) is 1. The van der Waals surface area contributed by atoms with Gasteiger partial charge in [0.2, 0.25) is 5.91 Å². The summed E-state index contributed by atoms with van der Waals surface area (Å²) in [6, 6.07) is 21.2. The Morgan fingerprint density at radius 2 is 1.63 bits per heavy atom. The van der Waals surface area contributed by atoms with Crippen molar-refractivity contribution in [3.8, 4) is 16.9 Å². The van der Waals surface area contributed by atoms with Gasteiger partial charge in [0.25, 0.3) is 0 Å². The molecular weight excluding hydrogens is 442 g/mol. The fraction of sp³-hybridized carbons (Fsp3) is 0.172. The third kappa shape index (κ3) is 4.19. The Kier molecular flexibility index (Phi) is 5.87. The number of carbonyl (C=O) groups is 1. The molecule has 0 saturated heterocycles. The first kappa shape index (κ1) is 22.5. The van der Waals surface area contributed by atoms with Crippen LogP contribution in [0.25, 0.3) is 33.1 Å². The van der Waals surface area contributed by atoms with E-state index in [2.05, 4.69) is 5.32 Å². The number of fused-ring (bicyclic) bond motifs is 2. The molecule has 1 amide bonds. The molecule has 2 aromatic heterocycles. The van der Waals surface area contributed by atoms with Crippen LogP contribution in [0.5, 0.6) is 5.75 Å². The molecule has 0 spiro atoms. The average molecular weight is 468 g/mol. The Morgan fingerprint density at radius 3 is 2.40 bits per heavy atom. The Labute approximate surface area is 202 Å². The van der Waals surface area contributed by atoms with E-state index in [1.54, 1.807) is 13.2 Å². The predicted octanol–water partition coefficient (Wildman–Crippen LogP) is 5.69. The van der Waals surface area contributed by atoms with E-state index < -0.39 is 5.63 Å². The summed E-state index contributed by atoms with van der Waals surface area (Å²) in [6.07, 6.45) is -0.0761. The second kappa shape index (κ2) is 9.14. The standard InChI is InChI=1S/C29H25NO5/c1-17-21-13-23-26(34-18(2)28(23)19-9-5-4-6-10-19)15-25(21)35-29(32)22(17)14-27(31)30-16-20-11-7-8-12-24(20)33-3/h4-13,15H,14,16H2,1-3H3,(H,30,31). The average Bonchev–Trinajstić information content (AvgIpc) is 3.19. The molecule has 0 aliphatic heterocycles. The fourth-order valence-corrected chi connectivity index (χ4v) is 4.54. The zero-order valence-corrected chi connectivity index (χ0v) is 19.8. The summed E-state index contributed by atoms with van der Waals surface area (Å²) in [6.45, 7) is 4.08. The lowest BCUT2D eigenvalue weighted by Crippen LogP contribution is -2.27. The van der Waals surface area contributed by atoms with Crippen molar-refractivity contribution in [2.24, 2.45) is 0 Å². The van der Waals surface area contributed by atoms with Crippen molar-refractivity contribution >= 4 is 27.8 Å². The van der Waals surface area contributed by atoms with Crippen molar-refractivity contribution in [1.29, 1.82) is 0 Å². The van der Waals surface area contributed by atoms with E-state index in [4.69, 9.17) is 13.6 Å². The molecule has 0 unspecified atom stereocenters. The largest absolute Gasteiger partial charge is 0.496 e. The smallest absolute Gasteiger partial charge is 0.340 e. The molecule has 0 bridgehead atoms. The summed E-state index contributed by atoms with van der Waals surface area (Å²) in [5.41, 5.74) is 4.55. The maximum absolute atomic E-state index is 12.8. The first-order chi connectivity index (χ1) is 17.0. The van der Waals surface area contributed by atoms with E-state index >= 15 is 0 Å². The lowest BCUT2D eigenvalue weighted by molar-refractivity contribution is -0.120. The van der Waals surface area contributed by atoms with Crippen LogP contribution in [-0.4, -0.2) is 13.0 Å². The number of benzene rings is 3. The van der Waals surface area contributed by atoms with Gasteiger partial charge in [0.1, 0.15) is 22.7 Å². The lowest BCUT2D eigenvalue weighted by atomic mass is 9.98. The molecular formula is C29H25NO5. The summed E-state index contributed by atoms with van der Waals surface area (Å²) >= 11 is 0. The van der Waals surface area contributed by atoms with Gasteiger partial charge in [0.05, 0.1) is 19.1 Å². The number of hydrogen-bond acceptors (Lipinski definition) is 5. The van der Waals surface area contributed by atoms with E-state index in [9.17, 15) is 9.59 Å². The Morgan fingerprint density at radius 1 is 0.914 bits per heavy atom. The molecule has 1 N–H and O–H groups in total. The fourth-order valence-electron chi connectivity index (χ4n) is 4.54. The maximum Gasteiger partial charge on any atom is 0.340 e. The number of para-hydroxylation sites is 1. The molecule has 0 saturated carbocycles. The summed E-state index contributed by atoms with van der Waals surface area (Å²) in [7, 11) is 1.59. The first-order valence-electron chi connectivity index (χ1n) is 11.4. The molecule has 2 heterocycles. The molecule has 3 aromatic carbocycles. The summed E-state index contributed by atoms with van der Waals surface area (Å²) in [4.78, 5) is 25.5. The first-order valence-corrected chi connectivity index (χ1v) is 11.4. The highest BCUT2D eigenvalue weighted by atomic mass is 16.5. The molecule has 0 fully saturated rings. The number of ether oxygens (including phenoxy) is 1. The molecule has 6 heteroatoms. The second-order valence-corrected chi connectivity index (χ2v) is 8.50. The third-order valence-corrected chi connectivity index (χ3v) is 6.34. The molecule has 6 nitrogen and oxygen atoms in total. The molecule has 35 heavy (non-hydrogen) atoms. The summed E-state index contributed by atoms with van der Waals surface area (Å²) in [5.74, 6) is 1.22. The van der Waals surface area contributed by atoms with Gasteiger partial charge in [-0.25, -0.2) is 4.79 Å². The monoisotopic (exact) mass is 467 g/mol. The van der Waals surface area contributed by atoms with Crippen LogP contribution >= 0.6 is 0 Å². The highest BCUT2D eigenvalue weighted by molar-refractivity contribution is 6.03. The van der Waals surface area contributed by atoms with Gasteiger partial charge in [-0.1, -0.05) is 48.5 Å². The normalized spacial score (nSPS) is 11.2. The lowest BCUT2D eigenvalue weighted by Gasteiger charge is -2.11. The van der Waals surface area contributed by atoms with Gasteiger partial charge >= 0.3 is 5.63 Å². The van der Waals surface area contributed by atoms with Crippen molar-refractivity contribution in [1.82, 2.24) is 5.32 Å². The zero-order chi connectivity index (χ0) is 24.5. The van der Waals surface area contributed by atoms with E-state index in [-0.39, 0.29) is 12.3 Å². The molecule has 0 atom stereocenters. The number of furan rings is 1. The molecule has 0 aliphatic carbocycles. The van der Waals surface area contributed by atoms with E-state index in [0.717, 1.165) is 38.8 Å². The molecule has 5 rings (SSSR count).